The highest BCUT2D eigenvalue weighted by atomic mass is 27.2. The fourth-order valence-electron chi connectivity index (χ4n) is 1.73. The van der Waals surface area contributed by atoms with Gasteiger partial charge in [0, 0.05) is 0 Å². The SMILES string of the molecule is C[CH2][Al-]([CH2]C)([CH2]C)[CH2]C. The van der Waals surface area contributed by atoms with Crippen LogP contribution in [0.25, 0.3) is 0 Å². The Morgan fingerprint density at radius 2 is 0.889 bits per heavy atom. The van der Waals surface area contributed by atoms with Crippen molar-refractivity contribution in [3.05, 3.63) is 0 Å². The van der Waals surface area contributed by atoms with Crippen molar-refractivity contribution >= 4 is 13.1 Å². The van der Waals surface area contributed by atoms with Crippen LogP contribution in [0.4, 0.5) is 0 Å². The first-order valence-electron chi connectivity index (χ1n) is 4.46. The Labute approximate surface area is 62.3 Å². The summed E-state index contributed by atoms with van der Waals surface area (Å²) in [5.74, 6) is 0. The third-order valence-electron chi connectivity index (χ3n) is 3.46. The molecule has 0 aliphatic rings. The summed E-state index contributed by atoms with van der Waals surface area (Å²) in [7, 11) is 0. The van der Waals surface area contributed by atoms with Gasteiger partial charge in [0.1, 0.15) is 13.1 Å². The third-order valence-corrected chi connectivity index (χ3v) is 10.4. The lowest BCUT2D eigenvalue weighted by Crippen LogP contribution is -2.29. The molecule has 0 radical (unpaired) electrons. The first-order chi connectivity index (χ1) is 4.24. The second-order valence-electron chi connectivity index (χ2n) is 3.37. The summed E-state index contributed by atoms with van der Waals surface area (Å²) in [5, 5.41) is 6.04. The minimum atomic E-state index is -0.963. The van der Waals surface area contributed by atoms with Crippen LogP contribution in [0.3, 0.4) is 0 Å². The van der Waals surface area contributed by atoms with Gasteiger partial charge in [-0.15, -0.1) is 27.7 Å². The molecular weight excluding hydrogens is 123 g/mol. The lowest BCUT2D eigenvalue weighted by Gasteiger charge is -2.30. The summed E-state index contributed by atoms with van der Waals surface area (Å²) in [5.41, 5.74) is 0. The molecule has 0 aromatic carbocycles. The van der Waals surface area contributed by atoms with Crippen molar-refractivity contribution in [2.75, 3.05) is 0 Å². The molecule has 9 heavy (non-hydrogen) atoms. The summed E-state index contributed by atoms with van der Waals surface area (Å²) in [6, 6.07) is 0. The largest absolute Gasteiger partial charge is 0.194 e. The van der Waals surface area contributed by atoms with Crippen molar-refractivity contribution in [2.45, 2.75) is 48.8 Å². The van der Waals surface area contributed by atoms with Gasteiger partial charge in [0.25, 0.3) is 0 Å². The topological polar surface area (TPSA) is 0 Å². The van der Waals surface area contributed by atoms with Crippen molar-refractivity contribution in [3.8, 4) is 0 Å². The highest BCUT2D eigenvalue weighted by Gasteiger charge is 2.19. The van der Waals surface area contributed by atoms with E-state index in [1.165, 1.54) is 21.1 Å². The first kappa shape index (κ1) is 9.53. The molecular formula is C8H20Al-. The average Bonchev–Trinajstić information content (AvgIpc) is 1.95. The van der Waals surface area contributed by atoms with Gasteiger partial charge < -0.3 is 0 Å². The molecule has 0 aliphatic heterocycles. The molecule has 0 rings (SSSR count). The van der Waals surface area contributed by atoms with Gasteiger partial charge in [-0.05, 0) is 0 Å². The van der Waals surface area contributed by atoms with Gasteiger partial charge in [0.15, 0.2) is 0 Å². The van der Waals surface area contributed by atoms with Gasteiger partial charge in [0.05, 0.1) is 0 Å². The lowest BCUT2D eigenvalue weighted by molar-refractivity contribution is 1.11. The van der Waals surface area contributed by atoms with Crippen LogP contribution >= 0.6 is 0 Å². The van der Waals surface area contributed by atoms with E-state index in [9.17, 15) is 0 Å². The molecule has 0 saturated heterocycles. The molecule has 56 valence electrons. The summed E-state index contributed by atoms with van der Waals surface area (Å²) in [6.07, 6.45) is 0. The molecule has 0 fully saturated rings. The predicted octanol–water partition coefficient (Wildman–Crippen LogP) is 3.51. The van der Waals surface area contributed by atoms with Crippen LogP contribution in [0.2, 0.25) is 21.1 Å². The van der Waals surface area contributed by atoms with Crippen molar-refractivity contribution in [1.82, 2.24) is 0 Å². The maximum absolute atomic E-state index is 2.38. The van der Waals surface area contributed by atoms with E-state index >= 15 is 0 Å². The molecule has 0 aliphatic carbocycles. The number of hydrogen-bond acceptors (Lipinski definition) is 0. The van der Waals surface area contributed by atoms with Crippen LogP contribution < -0.4 is 0 Å². The Balaban J connectivity index is 3.82. The average molecular weight is 143 g/mol. The van der Waals surface area contributed by atoms with Gasteiger partial charge in [-0.25, -0.2) is 0 Å². The molecule has 0 spiro atoms. The monoisotopic (exact) mass is 143 g/mol. The fourth-order valence-corrected chi connectivity index (χ4v) is 5.20. The quantitative estimate of drug-likeness (QED) is 0.528. The molecule has 0 atom stereocenters. The van der Waals surface area contributed by atoms with Crippen LogP contribution in [0.5, 0.6) is 0 Å². The maximum Gasteiger partial charge on any atom is 0.133 e. The van der Waals surface area contributed by atoms with Gasteiger partial charge in [0.2, 0.25) is 0 Å². The summed E-state index contributed by atoms with van der Waals surface area (Å²) in [6.45, 7) is 9.50. The van der Waals surface area contributed by atoms with Gasteiger partial charge in [-0.1, -0.05) is 0 Å². The normalized spacial score (nSPS) is 12.0. The van der Waals surface area contributed by atoms with Crippen molar-refractivity contribution in [3.63, 3.8) is 0 Å². The van der Waals surface area contributed by atoms with Crippen LogP contribution in [-0.2, 0) is 0 Å². The van der Waals surface area contributed by atoms with Gasteiger partial charge in [-0.3, -0.25) is 0 Å². The molecule has 0 amide bonds. The minimum Gasteiger partial charge on any atom is -0.194 e. The van der Waals surface area contributed by atoms with E-state index in [1.807, 2.05) is 0 Å². The molecule has 1 heteroatoms. The molecule has 0 aromatic rings. The van der Waals surface area contributed by atoms with Crippen molar-refractivity contribution < 1.29 is 0 Å². The Kier molecular flexibility index (Phi) is 4.62. The van der Waals surface area contributed by atoms with Gasteiger partial charge >= 0.3 is 0 Å². The fraction of sp³-hybridized carbons (Fsp3) is 1.00. The Morgan fingerprint density at radius 3 is 0.889 bits per heavy atom. The molecule has 0 N–H and O–H groups in total. The Hall–Kier alpha value is 0.532. The highest BCUT2D eigenvalue weighted by molar-refractivity contribution is 6.79. The van der Waals surface area contributed by atoms with Crippen molar-refractivity contribution in [2.24, 2.45) is 0 Å². The zero-order chi connectivity index (χ0) is 7.33. The molecule has 0 unspecified atom stereocenters. The van der Waals surface area contributed by atoms with E-state index in [0.717, 1.165) is 0 Å². The van der Waals surface area contributed by atoms with Crippen LogP contribution in [0.15, 0.2) is 0 Å². The molecule has 0 bridgehead atoms. The van der Waals surface area contributed by atoms with E-state index in [2.05, 4.69) is 27.7 Å². The molecule has 0 aromatic heterocycles. The lowest BCUT2D eigenvalue weighted by atomic mass is 10.9. The molecule has 0 heterocycles. The molecule has 0 nitrogen and oxygen atoms in total. The van der Waals surface area contributed by atoms with E-state index in [0.29, 0.717) is 0 Å². The van der Waals surface area contributed by atoms with E-state index in [4.69, 9.17) is 0 Å². The Bertz CT molecular complexity index is 47.5. The van der Waals surface area contributed by atoms with Crippen LogP contribution in [-0.4, -0.2) is 13.1 Å². The van der Waals surface area contributed by atoms with E-state index < -0.39 is 13.1 Å². The molecule has 0 saturated carbocycles. The second-order valence-corrected chi connectivity index (χ2v) is 10.1. The Morgan fingerprint density at radius 1 is 0.667 bits per heavy atom. The summed E-state index contributed by atoms with van der Waals surface area (Å²) in [4.78, 5) is 0. The van der Waals surface area contributed by atoms with Crippen LogP contribution in [0.1, 0.15) is 27.7 Å². The highest BCUT2D eigenvalue weighted by Crippen LogP contribution is 2.23. The predicted molar refractivity (Wildman–Crippen MR) is 47.7 cm³/mol. The van der Waals surface area contributed by atoms with E-state index in [-0.39, 0.29) is 0 Å². The first-order valence-corrected chi connectivity index (χ1v) is 7.73. The summed E-state index contributed by atoms with van der Waals surface area (Å²) >= 11 is -0.963. The number of rotatable bonds is 4. The van der Waals surface area contributed by atoms with Crippen molar-refractivity contribution in [1.29, 1.82) is 0 Å². The zero-order valence-electron chi connectivity index (χ0n) is 7.41. The van der Waals surface area contributed by atoms with E-state index in [1.54, 1.807) is 0 Å². The smallest absolute Gasteiger partial charge is 0.133 e. The second kappa shape index (κ2) is 4.36. The summed E-state index contributed by atoms with van der Waals surface area (Å²) < 4.78 is 0. The maximum atomic E-state index is 2.38. The van der Waals surface area contributed by atoms with Crippen LogP contribution in [0, 0.1) is 0 Å². The third kappa shape index (κ3) is 2.32. The minimum absolute atomic E-state index is 0.963. The standard InChI is InChI=1S/4C2H5.Al/c4*1-2;/h4*1H2,2H3;/q;;;;-1. The number of hydrogen-bond donors (Lipinski definition) is 0. The zero-order valence-corrected chi connectivity index (χ0v) is 8.56. The van der Waals surface area contributed by atoms with Gasteiger partial charge in [-0.2, -0.15) is 21.1 Å².